The van der Waals surface area contributed by atoms with Crippen molar-refractivity contribution in [1.82, 2.24) is 0 Å². The van der Waals surface area contributed by atoms with Gasteiger partial charge >= 0.3 is 5.97 Å². The van der Waals surface area contributed by atoms with Gasteiger partial charge in [-0.3, -0.25) is 0 Å². The van der Waals surface area contributed by atoms with Gasteiger partial charge in [0.15, 0.2) is 0 Å². The van der Waals surface area contributed by atoms with Gasteiger partial charge in [-0.05, 0) is 23.8 Å². The highest BCUT2D eigenvalue weighted by atomic mass is 16.5. The molecule has 2 aromatic rings. The van der Waals surface area contributed by atoms with E-state index < -0.39 is 5.97 Å². The first-order chi connectivity index (χ1) is 13.9. The maximum Gasteiger partial charge on any atom is 0.367 e. The number of nitriles is 1. The van der Waals surface area contributed by atoms with E-state index in [0.717, 1.165) is 16.9 Å². The number of esters is 1. The van der Waals surface area contributed by atoms with E-state index >= 15 is 0 Å². The predicted octanol–water partition coefficient (Wildman–Crippen LogP) is 4.48. The first-order valence-electron chi connectivity index (χ1n) is 9.28. The number of hydrogen-bond acceptors (Lipinski definition) is 5. The number of hydrogen-bond donors (Lipinski definition) is 0. The second kappa shape index (κ2) is 8.15. The topological polar surface area (TPSA) is 65.7 Å². The number of methoxy groups -OCH3 is 1. The maximum absolute atomic E-state index is 11.8. The quantitative estimate of drug-likeness (QED) is 0.575. The van der Waals surface area contributed by atoms with Gasteiger partial charge in [0.25, 0.3) is 0 Å². The summed E-state index contributed by atoms with van der Waals surface area (Å²) >= 11 is 0. The van der Waals surface area contributed by atoms with Gasteiger partial charge in [0.2, 0.25) is 5.71 Å². The Morgan fingerprint density at radius 1 is 1.14 bits per heavy atom. The molecule has 0 saturated carbocycles. The molecular weight excluding hydrogens is 362 g/mol. The molecule has 1 heterocycles. The molecule has 0 unspecified atom stereocenters. The van der Waals surface area contributed by atoms with Crippen molar-refractivity contribution in [2.75, 3.05) is 19.1 Å². The van der Waals surface area contributed by atoms with Crippen molar-refractivity contribution in [1.29, 1.82) is 5.26 Å². The summed E-state index contributed by atoms with van der Waals surface area (Å²) in [5.74, 6) is -0.757. The van der Waals surface area contributed by atoms with E-state index in [1.165, 1.54) is 12.7 Å². The monoisotopic (exact) mass is 385 g/mol. The fraction of sp³-hybridized carbons (Fsp3) is 0.208. The summed E-state index contributed by atoms with van der Waals surface area (Å²) in [6.07, 6.45) is 3.84. The molecule has 3 rings (SSSR count). The molecule has 0 saturated heterocycles. The Morgan fingerprint density at radius 2 is 1.79 bits per heavy atom. The molecule has 0 aromatic heterocycles. The number of carbonyl (C=O) groups is 1. The van der Waals surface area contributed by atoms with Crippen LogP contribution in [0.2, 0.25) is 0 Å². The molecule has 0 aliphatic carbocycles. The first kappa shape index (κ1) is 20.1. The summed E-state index contributed by atoms with van der Waals surface area (Å²) < 4.78 is 4.67. The minimum absolute atomic E-state index is 0.187. The average molecular weight is 385 g/mol. The van der Waals surface area contributed by atoms with Crippen molar-refractivity contribution in [2.24, 2.45) is 4.99 Å². The Bertz CT molecular complexity index is 1060. The van der Waals surface area contributed by atoms with E-state index in [1.807, 2.05) is 67.7 Å². The Labute approximate surface area is 171 Å². The molecule has 2 aromatic carbocycles. The number of benzene rings is 2. The number of para-hydroxylation sites is 1. The number of aliphatic imine (C=N–C) groups is 1. The van der Waals surface area contributed by atoms with Gasteiger partial charge in [-0.2, -0.15) is 5.26 Å². The molecular formula is C24H23N3O2. The highest BCUT2D eigenvalue weighted by Gasteiger charge is 2.37. The second-order valence-electron chi connectivity index (χ2n) is 7.23. The highest BCUT2D eigenvalue weighted by molar-refractivity contribution is 6.43. The van der Waals surface area contributed by atoms with Crippen LogP contribution in [-0.4, -0.2) is 25.8 Å². The minimum Gasteiger partial charge on any atom is -0.464 e. The van der Waals surface area contributed by atoms with E-state index in [4.69, 9.17) is 0 Å². The number of carbonyl (C=O) groups excluding carboxylic acids is 1. The fourth-order valence-electron chi connectivity index (χ4n) is 3.60. The van der Waals surface area contributed by atoms with Gasteiger partial charge in [0, 0.05) is 29.4 Å². The van der Waals surface area contributed by atoms with Crippen molar-refractivity contribution in [3.63, 3.8) is 0 Å². The standard InChI is InChI=1S/C24H23N3O2/c1-24(2)18-12-8-9-13-21(18)27(3)22(24)15-14-19(17-10-6-5-7-11-17)26-20(16-25)23(28)29-4/h5-15H,1-4H3. The number of likely N-dealkylation sites (N-methyl/N-ethyl adjacent to an activating group) is 1. The van der Waals surface area contributed by atoms with Gasteiger partial charge in [-0.15, -0.1) is 0 Å². The van der Waals surface area contributed by atoms with Crippen LogP contribution in [0.3, 0.4) is 0 Å². The zero-order chi connectivity index (χ0) is 21.0. The lowest BCUT2D eigenvalue weighted by Crippen LogP contribution is -2.22. The Balaban J connectivity index is 2.12. The zero-order valence-electron chi connectivity index (χ0n) is 17.0. The number of anilines is 1. The van der Waals surface area contributed by atoms with Crippen molar-refractivity contribution in [3.05, 3.63) is 83.6 Å². The number of ether oxygens (including phenoxy) is 1. The molecule has 5 nitrogen and oxygen atoms in total. The summed E-state index contributed by atoms with van der Waals surface area (Å²) in [5, 5.41) is 9.31. The van der Waals surface area contributed by atoms with Gasteiger partial charge in [-0.1, -0.05) is 62.4 Å². The van der Waals surface area contributed by atoms with Crippen LogP contribution in [-0.2, 0) is 14.9 Å². The molecule has 0 atom stereocenters. The highest BCUT2D eigenvalue weighted by Crippen LogP contribution is 2.46. The molecule has 0 amide bonds. The smallest absolute Gasteiger partial charge is 0.367 e. The molecule has 0 N–H and O–H groups in total. The first-order valence-corrected chi connectivity index (χ1v) is 9.28. The van der Waals surface area contributed by atoms with Crippen molar-refractivity contribution >= 4 is 23.1 Å². The lowest BCUT2D eigenvalue weighted by molar-refractivity contribution is -0.132. The van der Waals surface area contributed by atoms with Crippen LogP contribution >= 0.6 is 0 Å². The fourth-order valence-corrected chi connectivity index (χ4v) is 3.60. The molecule has 5 heteroatoms. The molecule has 1 aliphatic heterocycles. The van der Waals surface area contributed by atoms with Gasteiger partial charge < -0.3 is 9.64 Å². The van der Waals surface area contributed by atoms with E-state index in [9.17, 15) is 10.1 Å². The molecule has 0 radical (unpaired) electrons. The Kier molecular flexibility index (Phi) is 5.65. The summed E-state index contributed by atoms with van der Waals surface area (Å²) in [7, 11) is 3.27. The number of rotatable bonds is 4. The Morgan fingerprint density at radius 3 is 2.41 bits per heavy atom. The van der Waals surface area contributed by atoms with Crippen LogP contribution in [0.4, 0.5) is 5.69 Å². The van der Waals surface area contributed by atoms with Crippen molar-refractivity contribution in [3.8, 4) is 6.07 Å². The Hall–Kier alpha value is -3.65. The third kappa shape index (κ3) is 3.83. The van der Waals surface area contributed by atoms with E-state index in [2.05, 4.69) is 40.6 Å². The molecule has 0 spiro atoms. The summed E-state index contributed by atoms with van der Waals surface area (Å²) in [6, 6.07) is 19.6. The SMILES string of the molecule is COC(=O)C(C#N)=NC(=CC=C1N(C)c2ccccc2C1(C)C)c1ccccc1. The predicted molar refractivity (Wildman–Crippen MR) is 115 cm³/mol. The molecule has 0 fully saturated rings. The third-order valence-electron chi connectivity index (χ3n) is 5.13. The van der Waals surface area contributed by atoms with Crippen molar-refractivity contribution < 1.29 is 9.53 Å². The van der Waals surface area contributed by atoms with Crippen LogP contribution in [0.15, 0.2) is 77.4 Å². The number of nitrogens with zero attached hydrogens (tertiary/aromatic N) is 3. The lowest BCUT2D eigenvalue weighted by Gasteiger charge is -2.23. The summed E-state index contributed by atoms with van der Waals surface area (Å²) in [6.45, 7) is 4.35. The maximum atomic E-state index is 11.8. The number of allylic oxidation sites excluding steroid dienone is 3. The van der Waals surface area contributed by atoms with Crippen LogP contribution in [0.25, 0.3) is 5.70 Å². The van der Waals surface area contributed by atoms with Gasteiger partial charge in [-0.25, -0.2) is 9.79 Å². The van der Waals surface area contributed by atoms with Crippen LogP contribution in [0, 0.1) is 11.3 Å². The average Bonchev–Trinajstić information content (AvgIpc) is 2.94. The molecule has 1 aliphatic rings. The zero-order valence-corrected chi connectivity index (χ0v) is 17.0. The summed E-state index contributed by atoms with van der Waals surface area (Å²) in [4.78, 5) is 18.3. The van der Waals surface area contributed by atoms with Gasteiger partial charge in [0.05, 0.1) is 12.8 Å². The third-order valence-corrected chi connectivity index (χ3v) is 5.13. The molecule has 146 valence electrons. The van der Waals surface area contributed by atoms with E-state index in [-0.39, 0.29) is 11.1 Å². The van der Waals surface area contributed by atoms with E-state index in [1.54, 1.807) is 0 Å². The molecule has 0 bridgehead atoms. The largest absolute Gasteiger partial charge is 0.464 e. The van der Waals surface area contributed by atoms with Crippen LogP contribution in [0.1, 0.15) is 25.0 Å². The van der Waals surface area contributed by atoms with E-state index in [0.29, 0.717) is 5.70 Å². The molecule has 29 heavy (non-hydrogen) atoms. The van der Waals surface area contributed by atoms with Gasteiger partial charge in [0.1, 0.15) is 6.07 Å². The normalized spacial score (nSPS) is 17.1. The minimum atomic E-state index is -0.757. The summed E-state index contributed by atoms with van der Waals surface area (Å²) in [5.41, 5.74) is 4.35. The number of fused-ring (bicyclic) bond motifs is 1. The van der Waals surface area contributed by atoms with Crippen LogP contribution < -0.4 is 4.90 Å². The second-order valence-corrected chi connectivity index (χ2v) is 7.23. The van der Waals surface area contributed by atoms with Crippen molar-refractivity contribution in [2.45, 2.75) is 19.3 Å². The van der Waals surface area contributed by atoms with Crippen LogP contribution in [0.5, 0.6) is 0 Å². The lowest BCUT2D eigenvalue weighted by atomic mass is 9.83.